The standard InChI is InChI=1S/C47H32O/c1-47(2)42-28-35(19-21-38(42)39-24-32-11-6-7-12-33(32)27-43(39)47)30-15-17-31(18-16-30)37-23-36-13-8-14-45-46(36)41(26-37)40-25-34(20-22-44(40)48-45)29-9-4-3-5-10-29/h3-28H,1-2H3/i3D,4D,5D,9D,10D. The van der Waals surface area contributed by atoms with Gasteiger partial charge in [-0.25, -0.2) is 0 Å². The van der Waals surface area contributed by atoms with Gasteiger partial charge in [-0.15, -0.1) is 0 Å². The van der Waals surface area contributed by atoms with Crippen LogP contribution in [0.2, 0.25) is 0 Å². The first-order chi connectivity index (χ1) is 25.6. The zero-order valence-corrected chi connectivity index (χ0v) is 26.5. The largest absolute Gasteiger partial charge is 0.456 e. The summed E-state index contributed by atoms with van der Waals surface area (Å²) in [6, 6.07) is 43.2. The quantitative estimate of drug-likeness (QED) is 0.192. The van der Waals surface area contributed by atoms with E-state index in [0.29, 0.717) is 11.3 Å². The predicted molar refractivity (Wildman–Crippen MR) is 201 cm³/mol. The first kappa shape index (κ1) is 22.6. The highest BCUT2D eigenvalue weighted by molar-refractivity contribution is 6.07. The second-order valence-corrected chi connectivity index (χ2v) is 13.4. The lowest BCUT2D eigenvalue weighted by Gasteiger charge is -2.23. The molecule has 0 amide bonds. The molecule has 0 saturated carbocycles. The van der Waals surface area contributed by atoms with Gasteiger partial charge >= 0.3 is 0 Å². The average Bonchev–Trinajstić information content (AvgIpc) is 3.40. The molecule has 0 unspecified atom stereocenters. The Balaban J connectivity index is 1.05. The van der Waals surface area contributed by atoms with Crippen molar-refractivity contribution >= 4 is 21.5 Å². The molecule has 0 fully saturated rings. The van der Waals surface area contributed by atoms with Gasteiger partial charge in [-0.05, 0) is 126 Å². The number of benzene rings is 8. The Morgan fingerprint density at radius 2 is 1.08 bits per heavy atom. The summed E-state index contributed by atoms with van der Waals surface area (Å²) < 4.78 is 48.0. The molecule has 1 aliphatic carbocycles. The summed E-state index contributed by atoms with van der Waals surface area (Å²) in [6.45, 7) is 4.65. The van der Waals surface area contributed by atoms with E-state index in [-0.39, 0.29) is 35.1 Å². The van der Waals surface area contributed by atoms with Gasteiger partial charge in [-0.2, -0.15) is 0 Å². The summed E-state index contributed by atoms with van der Waals surface area (Å²) in [5.74, 6) is 1.42. The van der Waals surface area contributed by atoms with E-state index in [1.54, 1.807) is 6.07 Å². The molecular formula is C47H32O. The van der Waals surface area contributed by atoms with Crippen molar-refractivity contribution in [3.63, 3.8) is 0 Å². The second-order valence-electron chi connectivity index (χ2n) is 13.4. The summed E-state index contributed by atoms with van der Waals surface area (Å²) in [4.78, 5) is 0. The second kappa shape index (κ2) is 10.0. The van der Waals surface area contributed by atoms with Crippen molar-refractivity contribution in [1.29, 1.82) is 0 Å². The molecule has 0 aromatic heterocycles. The van der Waals surface area contributed by atoms with Gasteiger partial charge in [0.25, 0.3) is 0 Å². The molecular weight excluding hydrogens is 581 g/mol. The number of hydrogen-bond acceptors (Lipinski definition) is 1. The van der Waals surface area contributed by atoms with Crippen LogP contribution in [0.15, 0.2) is 158 Å². The SMILES string of the molecule is [2H]c1c([2H])c([2H])c(-c2ccc3c(c2)-c2cc(-c4ccc(-c5ccc6c(c5)C(C)(C)c5cc7ccccc7cc5-6)cc4)cc4cccc(c24)O3)c([2H])c1[2H]. The number of hydrogen-bond donors (Lipinski definition) is 0. The molecule has 8 aromatic rings. The molecule has 10 rings (SSSR count). The van der Waals surface area contributed by atoms with Crippen LogP contribution in [0.4, 0.5) is 0 Å². The number of fused-ring (bicyclic) bond motifs is 6. The minimum absolute atomic E-state index is 0.113. The van der Waals surface area contributed by atoms with Crippen LogP contribution in [0.1, 0.15) is 31.8 Å². The fourth-order valence-corrected chi connectivity index (χ4v) is 7.81. The highest BCUT2D eigenvalue weighted by Gasteiger charge is 2.36. The van der Waals surface area contributed by atoms with Crippen LogP contribution < -0.4 is 4.74 Å². The third-order valence-electron chi connectivity index (χ3n) is 10.3. The van der Waals surface area contributed by atoms with Gasteiger partial charge in [0.05, 0.1) is 6.85 Å². The molecule has 0 atom stereocenters. The summed E-state index contributed by atoms with van der Waals surface area (Å²) in [5.41, 5.74) is 12.2. The summed E-state index contributed by atoms with van der Waals surface area (Å²) >= 11 is 0. The van der Waals surface area contributed by atoms with E-state index in [1.165, 1.54) is 38.6 Å². The fraction of sp³-hybridized carbons (Fsp3) is 0.0638. The van der Waals surface area contributed by atoms with E-state index in [9.17, 15) is 0 Å². The first-order valence-corrected chi connectivity index (χ1v) is 16.3. The predicted octanol–water partition coefficient (Wildman–Crippen LogP) is 13.1. The molecule has 226 valence electrons. The molecule has 1 heterocycles. The summed E-state index contributed by atoms with van der Waals surface area (Å²) in [6.07, 6.45) is 0. The fourth-order valence-electron chi connectivity index (χ4n) is 7.81. The van der Waals surface area contributed by atoms with Crippen molar-refractivity contribution in [1.82, 2.24) is 0 Å². The first-order valence-electron chi connectivity index (χ1n) is 18.8. The van der Waals surface area contributed by atoms with Crippen LogP contribution in [-0.4, -0.2) is 0 Å². The van der Waals surface area contributed by atoms with E-state index in [4.69, 9.17) is 11.6 Å². The van der Waals surface area contributed by atoms with Crippen molar-refractivity contribution in [2.75, 3.05) is 0 Å². The van der Waals surface area contributed by atoms with Gasteiger partial charge in [0, 0.05) is 16.4 Å². The summed E-state index contributed by atoms with van der Waals surface area (Å²) in [5, 5.41) is 4.55. The van der Waals surface area contributed by atoms with Crippen molar-refractivity contribution in [3.05, 3.63) is 169 Å². The van der Waals surface area contributed by atoms with E-state index in [2.05, 4.69) is 111 Å². The van der Waals surface area contributed by atoms with Crippen LogP contribution in [0.25, 0.3) is 77.2 Å². The maximum atomic E-state index is 8.58. The Kier molecular flexibility index (Phi) is 4.72. The van der Waals surface area contributed by atoms with Gasteiger partial charge in [0.1, 0.15) is 11.5 Å². The molecule has 0 saturated heterocycles. The van der Waals surface area contributed by atoms with Crippen molar-refractivity contribution in [3.8, 4) is 67.1 Å². The van der Waals surface area contributed by atoms with E-state index >= 15 is 0 Å². The van der Waals surface area contributed by atoms with Gasteiger partial charge < -0.3 is 4.74 Å². The molecule has 0 spiro atoms. The van der Waals surface area contributed by atoms with Crippen LogP contribution in [0.3, 0.4) is 0 Å². The third kappa shape index (κ3) is 4.04. The molecule has 48 heavy (non-hydrogen) atoms. The van der Waals surface area contributed by atoms with Crippen LogP contribution >= 0.6 is 0 Å². The molecule has 2 aliphatic rings. The average molecular weight is 618 g/mol. The zero-order chi connectivity index (χ0) is 36.3. The lowest BCUT2D eigenvalue weighted by Crippen LogP contribution is -2.15. The molecule has 1 aliphatic heterocycles. The maximum Gasteiger partial charge on any atom is 0.135 e. The molecule has 0 N–H and O–H groups in total. The Hall–Kier alpha value is -5.92. The number of ether oxygens (including phenoxy) is 1. The third-order valence-corrected chi connectivity index (χ3v) is 10.3. The van der Waals surface area contributed by atoms with Gasteiger partial charge in [-0.3, -0.25) is 0 Å². The van der Waals surface area contributed by atoms with Crippen LogP contribution in [0.5, 0.6) is 11.5 Å². The monoisotopic (exact) mass is 617 g/mol. The Morgan fingerprint density at radius 1 is 0.438 bits per heavy atom. The highest BCUT2D eigenvalue weighted by Crippen LogP contribution is 2.52. The van der Waals surface area contributed by atoms with Gasteiger partial charge in [0.2, 0.25) is 0 Å². The van der Waals surface area contributed by atoms with Crippen molar-refractivity contribution in [2.24, 2.45) is 0 Å². The molecule has 1 heteroatoms. The van der Waals surface area contributed by atoms with Crippen molar-refractivity contribution in [2.45, 2.75) is 19.3 Å². The molecule has 0 radical (unpaired) electrons. The Labute approximate surface area is 287 Å². The van der Waals surface area contributed by atoms with Crippen LogP contribution in [0, 0.1) is 0 Å². The lowest BCUT2D eigenvalue weighted by atomic mass is 9.81. The van der Waals surface area contributed by atoms with E-state index in [0.717, 1.165) is 44.3 Å². The maximum absolute atomic E-state index is 8.58. The number of rotatable bonds is 3. The Bertz CT molecular complexity index is 2860. The van der Waals surface area contributed by atoms with E-state index < -0.39 is 6.04 Å². The summed E-state index contributed by atoms with van der Waals surface area (Å²) in [7, 11) is 0. The van der Waals surface area contributed by atoms with Crippen LogP contribution in [-0.2, 0) is 5.41 Å². The lowest BCUT2D eigenvalue weighted by molar-refractivity contribution is 0.487. The minimum atomic E-state index is -0.404. The minimum Gasteiger partial charge on any atom is -0.456 e. The van der Waals surface area contributed by atoms with Gasteiger partial charge in [0.15, 0.2) is 0 Å². The Morgan fingerprint density at radius 3 is 1.90 bits per heavy atom. The zero-order valence-electron chi connectivity index (χ0n) is 31.5. The molecule has 8 aromatic carbocycles. The van der Waals surface area contributed by atoms with E-state index in [1.807, 2.05) is 24.3 Å². The topological polar surface area (TPSA) is 9.23 Å². The highest BCUT2D eigenvalue weighted by atomic mass is 16.5. The molecule has 1 nitrogen and oxygen atoms in total. The smallest absolute Gasteiger partial charge is 0.135 e. The normalized spacial score (nSPS) is 15.0. The van der Waals surface area contributed by atoms with Gasteiger partial charge in [-0.1, -0.05) is 123 Å². The molecule has 0 bridgehead atoms. The van der Waals surface area contributed by atoms with Crippen molar-refractivity contribution < 1.29 is 11.6 Å².